The SMILES string of the molecule is CCC(C)[C@H](N)C(=O)NCC1(c2ccccc2F)CC1. The van der Waals surface area contributed by atoms with Crippen molar-refractivity contribution >= 4 is 5.91 Å². The average Bonchev–Trinajstić information content (AvgIpc) is 3.24. The summed E-state index contributed by atoms with van der Waals surface area (Å²) in [5.74, 6) is -0.175. The third-order valence-corrected chi connectivity index (χ3v) is 4.46. The summed E-state index contributed by atoms with van der Waals surface area (Å²) < 4.78 is 13.9. The summed E-state index contributed by atoms with van der Waals surface area (Å²) in [6, 6.07) is 6.32. The molecule has 3 N–H and O–H groups in total. The molecule has 1 aliphatic rings. The normalized spacial score (nSPS) is 19.2. The molecule has 1 aliphatic carbocycles. The second kappa shape index (κ2) is 5.92. The molecule has 0 aliphatic heterocycles. The summed E-state index contributed by atoms with van der Waals surface area (Å²) in [5.41, 5.74) is 6.38. The van der Waals surface area contributed by atoms with Crippen LogP contribution in [-0.2, 0) is 10.2 Å². The molecule has 0 spiro atoms. The van der Waals surface area contributed by atoms with Gasteiger partial charge in [0.15, 0.2) is 0 Å². The zero-order valence-electron chi connectivity index (χ0n) is 12.2. The summed E-state index contributed by atoms with van der Waals surface area (Å²) in [6.07, 6.45) is 2.69. The van der Waals surface area contributed by atoms with Gasteiger partial charge in [0.2, 0.25) is 5.91 Å². The van der Waals surface area contributed by atoms with E-state index in [-0.39, 0.29) is 23.1 Å². The number of hydrogen-bond acceptors (Lipinski definition) is 2. The van der Waals surface area contributed by atoms with E-state index in [1.807, 2.05) is 26.0 Å². The van der Waals surface area contributed by atoms with Gasteiger partial charge in [0.25, 0.3) is 0 Å². The highest BCUT2D eigenvalue weighted by Gasteiger charge is 2.46. The van der Waals surface area contributed by atoms with Gasteiger partial charge >= 0.3 is 0 Å². The second-order valence-corrected chi connectivity index (χ2v) is 5.89. The molecule has 1 fully saturated rings. The van der Waals surface area contributed by atoms with Crippen LogP contribution in [-0.4, -0.2) is 18.5 Å². The van der Waals surface area contributed by atoms with Crippen LogP contribution >= 0.6 is 0 Å². The van der Waals surface area contributed by atoms with Crippen molar-refractivity contribution in [3.63, 3.8) is 0 Å². The zero-order valence-corrected chi connectivity index (χ0v) is 12.2. The van der Waals surface area contributed by atoms with Crippen LogP contribution in [0.3, 0.4) is 0 Å². The van der Waals surface area contributed by atoms with Crippen molar-refractivity contribution in [1.82, 2.24) is 5.32 Å². The van der Waals surface area contributed by atoms with Gasteiger partial charge in [-0.3, -0.25) is 4.79 Å². The maximum atomic E-state index is 13.9. The largest absolute Gasteiger partial charge is 0.354 e. The lowest BCUT2D eigenvalue weighted by atomic mass is 9.94. The van der Waals surface area contributed by atoms with Gasteiger partial charge in [0.1, 0.15) is 5.82 Å². The Kier molecular flexibility index (Phi) is 4.43. The molecule has 0 saturated heterocycles. The second-order valence-electron chi connectivity index (χ2n) is 5.89. The molecular weight excluding hydrogens is 255 g/mol. The van der Waals surface area contributed by atoms with Gasteiger partial charge in [-0.25, -0.2) is 4.39 Å². The summed E-state index contributed by atoms with van der Waals surface area (Å²) in [7, 11) is 0. The summed E-state index contributed by atoms with van der Waals surface area (Å²) in [5, 5.41) is 2.90. The van der Waals surface area contributed by atoms with E-state index in [0.717, 1.165) is 19.3 Å². The Morgan fingerprint density at radius 2 is 2.10 bits per heavy atom. The van der Waals surface area contributed by atoms with E-state index in [1.165, 1.54) is 6.07 Å². The molecule has 1 saturated carbocycles. The van der Waals surface area contributed by atoms with Crippen molar-refractivity contribution < 1.29 is 9.18 Å². The summed E-state index contributed by atoms with van der Waals surface area (Å²) in [4.78, 5) is 12.0. The van der Waals surface area contributed by atoms with E-state index in [0.29, 0.717) is 12.1 Å². The number of halogens is 1. The van der Waals surface area contributed by atoms with Crippen LogP contribution in [0, 0.1) is 11.7 Å². The van der Waals surface area contributed by atoms with E-state index >= 15 is 0 Å². The first kappa shape index (κ1) is 15.0. The molecule has 20 heavy (non-hydrogen) atoms. The van der Waals surface area contributed by atoms with E-state index < -0.39 is 6.04 Å². The molecule has 0 aromatic heterocycles. The third kappa shape index (κ3) is 3.01. The summed E-state index contributed by atoms with van der Waals surface area (Å²) >= 11 is 0. The van der Waals surface area contributed by atoms with Gasteiger partial charge in [0.05, 0.1) is 6.04 Å². The van der Waals surface area contributed by atoms with Crippen LogP contribution in [0.25, 0.3) is 0 Å². The first-order chi connectivity index (χ1) is 9.50. The lowest BCUT2D eigenvalue weighted by molar-refractivity contribution is -0.123. The molecule has 1 unspecified atom stereocenters. The molecule has 3 nitrogen and oxygen atoms in total. The molecule has 1 aromatic carbocycles. The van der Waals surface area contributed by atoms with Gasteiger partial charge in [0, 0.05) is 12.0 Å². The third-order valence-electron chi connectivity index (χ3n) is 4.46. The van der Waals surface area contributed by atoms with Gasteiger partial charge in [-0.15, -0.1) is 0 Å². The number of rotatable bonds is 6. The Hall–Kier alpha value is -1.42. The molecule has 4 heteroatoms. The van der Waals surface area contributed by atoms with Crippen LogP contribution in [0.2, 0.25) is 0 Å². The molecule has 2 atom stereocenters. The highest BCUT2D eigenvalue weighted by molar-refractivity contribution is 5.81. The number of carbonyl (C=O) groups is 1. The molecule has 1 aromatic rings. The number of carbonyl (C=O) groups excluding carboxylic acids is 1. The first-order valence-electron chi connectivity index (χ1n) is 7.28. The fourth-order valence-corrected chi connectivity index (χ4v) is 2.47. The van der Waals surface area contributed by atoms with Crippen LogP contribution < -0.4 is 11.1 Å². The maximum Gasteiger partial charge on any atom is 0.237 e. The van der Waals surface area contributed by atoms with Crippen LogP contribution in [0.15, 0.2) is 24.3 Å². The Labute approximate surface area is 119 Å². The number of nitrogens with two attached hydrogens (primary N) is 1. The van der Waals surface area contributed by atoms with Gasteiger partial charge in [-0.2, -0.15) is 0 Å². The minimum absolute atomic E-state index is 0.137. The molecule has 110 valence electrons. The monoisotopic (exact) mass is 278 g/mol. The van der Waals surface area contributed by atoms with Crippen LogP contribution in [0.4, 0.5) is 4.39 Å². The lowest BCUT2D eigenvalue weighted by Gasteiger charge is -2.21. The van der Waals surface area contributed by atoms with Crippen LogP contribution in [0.1, 0.15) is 38.7 Å². The molecular formula is C16H23FN2O. The standard InChI is InChI=1S/C16H23FN2O/c1-3-11(2)14(18)15(20)19-10-16(8-9-16)12-6-4-5-7-13(12)17/h4-7,11,14H,3,8-10,18H2,1-2H3,(H,19,20)/t11?,14-/m0/s1. The van der Waals surface area contributed by atoms with E-state index in [1.54, 1.807) is 6.07 Å². The first-order valence-corrected chi connectivity index (χ1v) is 7.28. The predicted molar refractivity (Wildman–Crippen MR) is 77.8 cm³/mol. The Bertz CT molecular complexity index is 485. The average molecular weight is 278 g/mol. The Balaban J connectivity index is 1.98. The topological polar surface area (TPSA) is 55.1 Å². The van der Waals surface area contributed by atoms with Crippen molar-refractivity contribution in [3.8, 4) is 0 Å². The summed E-state index contributed by atoms with van der Waals surface area (Å²) in [6.45, 7) is 4.45. The number of hydrogen-bond donors (Lipinski definition) is 2. The van der Waals surface area contributed by atoms with Crippen molar-refractivity contribution in [3.05, 3.63) is 35.6 Å². The van der Waals surface area contributed by atoms with E-state index in [2.05, 4.69) is 5.32 Å². The molecule has 2 rings (SSSR count). The fourth-order valence-electron chi connectivity index (χ4n) is 2.47. The van der Waals surface area contributed by atoms with Crippen molar-refractivity contribution in [2.75, 3.05) is 6.54 Å². The Morgan fingerprint density at radius 1 is 1.45 bits per heavy atom. The quantitative estimate of drug-likeness (QED) is 0.839. The highest BCUT2D eigenvalue weighted by Crippen LogP contribution is 2.48. The number of amides is 1. The smallest absolute Gasteiger partial charge is 0.237 e. The van der Waals surface area contributed by atoms with Gasteiger partial charge < -0.3 is 11.1 Å². The highest BCUT2D eigenvalue weighted by atomic mass is 19.1. The van der Waals surface area contributed by atoms with E-state index in [4.69, 9.17) is 5.73 Å². The van der Waals surface area contributed by atoms with Crippen molar-refractivity contribution in [2.45, 2.75) is 44.6 Å². The minimum atomic E-state index is -0.489. The van der Waals surface area contributed by atoms with Crippen molar-refractivity contribution in [2.24, 2.45) is 11.7 Å². The molecule has 0 heterocycles. The lowest BCUT2D eigenvalue weighted by Crippen LogP contribution is -2.46. The fraction of sp³-hybridized carbons (Fsp3) is 0.562. The minimum Gasteiger partial charge on any atom is -0.354 e. The maximum absolute atomic E-state index is 13.9. The van der Waals surface area contributed by atoms with Gasteiger partial charge in [-0.05, 0) is 30.4 Å². The molecule has 0 bridgehead atoms. The molecule has 0 radical (unpaired) electrons. The number of benzene rings is 1. The van der Waals surface area contributed by atoms with Crippen molar-refractivity contribution in [1.29, 1.82) is 0 Å². The number of nitrogens with one attached hydrogen (secondary N) is 1. The molecule has 1 amide bonds. The van der Waals surface area contributed by atoms with Crippen LogP contribution in [0.5, 0.6) is 0 Å². The zero-order chi connectivity index (χ0) is 14.8. The van der Waals surface area contributed by atoms with Gasteiger partial charge in [-0.1, -0.05) is 38.5 Å². The van der Waals surface area contributed by atoms with E-state index in [9.17, 15) is 9.18 Å². The Morgan fingerprint density at radius 3 is 2.65 bits per heavy atom. The predicted octanol–water partition coefficient (Wildman–Crippen LogP) is 2.35.